The molecular formula is C17H18N2O2. The Morgan fingerprint density at radius 2 is 1.95 bits per heavy atom. The number of para-hydroxylation sites is 1. The Balaban J connectivity index is 2.30. The quantitative estimate of drug-likeness (QED) is 0.842. The fraction of sp³-hybridized carbons (Fsp3) is 0.294. The standard InChI is InChI=1S/C17H18N2O2/c1-13(2)8-10-19-11-9-16(15(12-18)17(19)20)21-14-6-4-3-5-7-14/h3-7,9,11,13H,8,10H2,1-2H3. The number of nitrogens with zero attached hydrogens (tertiary/aromatic N) is 2. The third-order valence-corrected chi connectivity index (χ3v) is 3.16. The zero-order valence-corrected chi connectivity index (χ0v) is 12.2. The van der Waals surface area contributed by atoms with Gasteiger partial charge < -0.3 is 9.30 Å². The van der Waals surface area contributed by atoms with Crippen LogP contribution in [0.4, 0.5) is 0 Å². The highest BCUT2D eigenvalue weighted by Crippen LogP contribution is 2.22. The van der Waals surface area contributed by atoms with Crippen molar-refractivity contribution in [1.82, 2.24) is 4.57 Å². The molecule has 0 unspecified atom stereocenters. The Kier molecular flexibility index (Phi) is 4.78. The summed E-state index contributed by atoms with van der Waals surface area (Å²) in [5.74, 6) is 1.41. The first kappa shape index (κ1) is 14.9. The van der Waals surface area contributed by atoms with Crippen LogP contribution < -0.4 is 10.3 Å². The Morgan fingerprint density at radius 3 is 2.57 bits per heavy atom. The smallest absolute Gasteiger partial charge is 0.272 e. The Hall–Kier alpha value is -2.54. The largest absolute Gasteiger partial charge is 0.456 e. The maximum Gasteiger partial charge on any atom is 0.272 e. The summed E-state index contributed by atoms with van der Waals surface area (Å²) in [6.07, 6.45) is 2.58. The third kappa shape index (κ3) is 3.73. The van der Waals surface area contributed by atoms with Crippen LogP contribution in [0.1, 0.15) is 25.8 Å². The molecule has 21 heavy (non-hydrogen) atoms. The molecule has 4 heteroatoms. The van der Waals surface area contributed by atoms with Gasteiger partial charge in [-0.05, 0) is 30.5 Å². The molecule has 4 nitrogen and oxygen atoms in total. The van der Waals surface area contributed by atoms with Crippen LogP contribution in [-0.2, 0) is 6.54 Å². The molecule has 0 aliphatic rings. The monoisotopic (exact) mass is 282 g/mol. The second kappa shape index (κ2) is 6.76. The van der Waals surface area contributed by atoms with Crippen molar-refractivity contribution in [2.75, 3.05) is 0 Å². The molecule has 1 aromatic heterocycles. The van der Waals surface area contributed by atoms with E-state index in [0.717, 1.165) is 6.42 Å². The van der Waals surface area contributed by atoms with Crippen LogP contribution >= 0.6 is 0 Å². The molecule has 0 radical (unpaired) electrons. The van der Waals surface area contributed by atoms with E-state index in [0.29, 0.717) is 24.0 Å². The van der Waals surface area contributed by atoms with Gasteiger partial charge in [0, 0.05) is 12.7 Å². The Labute approximate surface area is 124 Å². The lowest BCUT2D eigenvalue weighted by atomic mass is 10.1. The van der Waals surface area contributed by atoms with Gasteiger partial charge in [-0.3, -0.25) is 4.79 Å². The van der Waals surface area contributed by atoms with Crippen LogP contribution in [0, 0.1) is 17.2 Å². The molecule has 2 aromatic rings. The Morgan fingerprint density at radius 1 is 1.24 bits per heavy atom. The fourth-order valence-electron chi connectivity index (χ4n) is 1.93. The highest BCUT2D eigenvalue weighted by molar-refractivity contribution is 5.43. The molecule has 1 heterocycles. The van der Waals surface area contributed by atoms with Gasteiger partial charge in [0.25, 0.3) is 5.56 Å². The van der Waals surface area contributed by atoms with E-state index in [9.17, 15) is 10.1 Å². The highest BCUT2D eigenvalue weighted by Gasteiger charge is 2.12. The lowest BCUT2D eigenvalue weighted by molar-refractivity contribution is 0.470. The summed E-state index contributed by atoms with van der Waals surface area (Å²) in [6.45, 7) is 4.81. The normalized spacial score (nSPS) is 10.4. The number of ether oxygens (including phenoxy) is 1. The van der Waals surface area contributed by atoms with Gasteiger partial charge in [0.05, 0.1) is 0 Å². The van der Waals surface area contributed by atoms with Gasteiger partial charge in [-0.2, -0.15) is 5.26 Å². The number of hydrogen-bond acceptors (Lipinski definition) is 3. The van der Waals surface area contributed by atoms with E-state index >= 15 is 0 Å². The first-order valence-electron chi connectivity index (χ1n) is 6.98. The minimum atomic E-state index is -0.299. The molecule has 0 saturated heterocycles. The lowest BCUT2D eigenvalue weighted by Crippen LogP contribution is -2.23. The van der Waals surface area contributed by atoms with Crippen LogP contribution in [0.25, 0.3) is 0 Å². The summed E-state index contributed by atoms with van der Waals surface area (Å²) in [5, 5.41) is 9.24. The first-order valence-corrected chi connectivity index (χ1v) is 6.98. The predicted octanol–water partition coefficient (Wildman–Crippen LogP) is 3.56. The van der Waals surface area contributed by atoms with Gasteiger partial charge in [0.1, 0.15) is 11.8 Å². The van der Waals surface area contributed by atoms with Gasteiger partial charge in [0.15, 0.2) is 11.3 Å². The molecule has 0 bridgehead atoms. The topological polar surface area (TPSA) is 55.0 Å². The summed E-state index contributed by atoms with van der Waals surface area (Å²) >= 11 is 0. The average Bonchev–Trinajstić information content (AvgIpc) is 2.47. The molecule has 0 N–H and O–H groups in total. The maximum atomic E-state index is 12.3. The van der Waals surface area contributed by atoms with Crippen LogP contribution in [0.2, 0.25) is 0 Å². The average molecular weight is 282 g/mol. The number of hydrogen-bond donors (Lipinski definition) is 0. The van der Waals surface area contributed by atoms with Crippen LogP contribution in [0.15, 0.2) is 47.4 Å². The van der Waals surface area contributed by atoms with Crippen molar-refractivity contribution in [3.63, 3.8) is 0 Å². The molecule has 0 amide bonds. The molecular weight excluding hydrogens is 264 g/mol. The molecule has 0 aliphatic carbocycles. The minimum Gasteiger partial charge on any atom is -0.456 e. The Bertz CT molecular complexity index is 697. The third-order valence-electron chi connectivity index (χ3n) is 3.16. The zero-order chi connectivity index (χ0) is 15.2. The van der Waals surface area contributed by atoms with Crippen LogP contribution in [0.5, 0.6) is 11.5 Å². The van der Waals surface area contributed by atoms with E-state index in [-0.39, 0.29) is 11.1 Å². The summed E-state index contributed by atoms with van der Waals surface area (Å²) in [5.41, 5.74) is -0.253. The number of aromatic nitrogens is 1. The summed E-state index contributed by atoms with van der Waals surface area (Å²) < 4.78 is 7.19. The highest BCUT2D eigenvalue weighted by atomic mass is 16.5. The summed E-state index contributed by atoms with van der Waals surface area (Å²) in [6, 6.07) is 12.7. The molecule has 0 saturated carbocycles. The second-order valence-corrected chi connectivity index (χ2v) is 5.26. The zero-order valence-electron chi connectivity index (χ0n) is 12.2. The van der Waals surface area contributed by atoms with E-state index in [4.69, 9.17) is 4.74 Å². The SMILES string of the molecule is CC(C)CCn1ccc(Oc2ccccc2)c(C#N)c1=O. The number of nitriles is 1. The molecule has 0 atom stereocenters. The van der Waals surface area contributed by atoms with Crippen LogP contribution in [0.3, 0.4) is 0 Å². The summed E-state index contributed by atoms with van der Waals surface area (Å²) in [7, 11) is 0. The van der Waals surface area contributed by atoms with E-state index in [1.54, 1.807) is 29.0 Å². The molecule has 108 valence electrons. The molecule has 1 aromatic carbocycles. The van der Waals surface area contributed by atoms with Gasteiger partial charge in [0.2, 0.25) is 0 Å². The number of aryl methyl sites for hydroxylation is 1. The van der Waals surface area contributed by atoms with Gasteiger partial charge >= 0.3 is 0 Å². The maximum absolute atomic E-state index is 12.3. The molecule has 0 aliphatic heterocycles. The second-order valence-electron chi connectivity index (χ2n) is 5.26. The number of pyridine rings is 1. The first-order chi connectivity index (χ1) is 10.1. The van der Waals surface area contributed by atoms with Crippen molar-refractivity contribution in [3.8, 4) is 17.6 Å². The van der Waals surface area contributed by atoms with E-state index in [1.807, 2.05) is 24.3 Å². The van der Waals surface area contributed by atoms with Crippen molar-refractivity contribution < 1.29 is 4.74 Å². The minimum absolute atomic E-state index is 0.0464. The predicted molar refractivity (Wildman–Crippen MR) is 81.4 cm³/mol. The van der Waals surface area contributed by atoms with Crippen molar-refractivity contribution >= 4 is 0 Å². The molecule has 2 rings (SSSR count). The fourth-order valence-corrected chi connectivity index (χ4v) is 1.93. The molecule has 0 spiro atoms. The van der Waals surface area contributed by atoms with Crippen molar-refractivity contribution in [3.05, 3.63) is 58.5 Å². The van der Waals surface area contributed by atoms with Gasteiger partial charge in [-0.15, -0.1) is 0 Å². The van der Waals surface area contributed by atoms with E-state index < -0.39 is 0 Å². The lowest BCUT2D eigenvalue weighted by Gasteiger charge is -2.11. The van der Waals surface area contributed by atoms with Gasteiger partial charge in [-0.1, -0.05) is 32.0 Å². The van der Waals surface area contributed by atoms with Crippen molar-refractivity contribution in [2.45, 2.75) is 26.8 Å². The van der Waals surface area contributed by atoms with E-state index in [2.05, 4.69) is 13.8 Å². The van der Waals surface area contributed by atoms with Crippen LogP contribution in [-0.4, -0.2) is 4.57 Å². The van der Waals surface area contributed by atoms with Gasteiger partial charge in [-0.25, -0.2) is 0 Å². The van der Waals surface area contributed by atoms with Crippen molar-refractivity contribution in [2.24, 2.45) is 5.92 Å². The summed E-state index contributed by atoms with van der Waals surface area (Å²) in [4.78, 5) is 12.3. The van der Waals surface area contributed by atoms with Crippen molar-refractivity contribution in [1.29, 1.82) is 5.26 Å². The number of rotatable bonds is 5. The number of benzene rings is 1. The molecule has 0 fully saturated rings. The van der Waals surface area contributed by atoms with E-state index in [1.165, 1.54) is 0 Å².